The third-order valence-corrected chi connectivity index (χ3v) is 7.55. The van der Waals surface area contributed by atoms with Crippen molar-refractivity contribution < 1.29 is 14.6 Å². The Hall–Kier alpha value is -3.10. The number of halogens is 2. The summed E-state index contributed by atoms with van der Waals surface area (Å²) in [5, 5.41) is 18.0. The highest BCUT2D eigenvalue weighted by molar-refractivity contribution is 6.35. The van der Waals surface area contributed by atoms with Crippen molar-refractivity contribution in [2.24, 2.45) is 0 Å². The summed E-state index contributed by atoms with van der Waals surface area (Å²) in [6, 6.07) is 5.22. The van der Waals surface area contributed by atoms with E-state index in [0.29, 0.717) is 56.8 Å². The maximum Gasteiger partial charge on any atom is 0.318 e. The zero-order valence-electron chi connectivity index (χ0n) is 23.4. The molecule has 12 heteroatoms. The summed E-state index contributed by atoms with van der Waals surface area (Å²) >= 11 is 12.3. The van der Waals surface area contributed by atoms with Crippen LogP contribution in [-0.2, 0) is 24.4 Å². The van der Waals surface area contributed by atoms with Crippen molar-refractivity contribution in [3.05, 3.63) is 51.7 Å². The first-order valence-electron chi connectivity index (χ1n) is 13.2. The predicted octanol–water partition coefficient (Wildman–Crippen LogP) is 4.09. The fraction of sp³-hybridized carbons (Fsp3) is 0.500. The lowest BCUT2D eigenvalue weighted by Crippen LogP contribution is -2.48. The maximum absolute atomic E-state index is 11.9. The molecule has 0 atom stereocenters. The van der Waals surface area contributed by atoms with E-state index < -0.39 is 0 Å². The van der Waals surface area contributed by atoms with E-state index in [1.54, 1.807) is 30.2 Å². The Morgan fingerprint density at radius 3 is 2.33 bits per heavy atom. The minimum Gasteiger partial charge on any atom is -0.506 e. The van der Waals surface area contributed by atoms with Crippen LogP contribution in [0.3, 0.4) is 0 Å². The maximum atomic E-state index is 11.9. The van der Waals surface area contributed by atoms with Crippen LogP contribution in [0.25, 0.3) is 0 Å². The van der Waals surface area contributed by atoms with Gasteiger partial charge in [-0.25, -0.2) is 0 Å². The van der Waals surface area contributed by atoms with Gasteiger partial charge in [0.1, 0.15) is 11.6 Å². The summed E-state index contributed by atoms with van der Waals surface area (Å²) in [6.07, 6.45) is 4.17. The van der Waals surface area contributed by atoms with Crippen LogP contribution in [0.2, 0.25) is 10.0 Å². The number of anilines is 1. The van der Waals surface area contributed by atoms with Gasteiger partial charge in [0.05, 0.1) is 23.9 Å². The van der Waals surface area contributed by atoms with E-state index in [0.717, 1.165) is 22.6 Å². The number of phenolic OH excluding ortho intramolecular Hbond substituents is 1. The number of phenols is 1. The van der Waals surface area contributed by atoms with E-state index in [1.807, 2.05) is 0 Å². The van der Waals surface area contributed by atoms with E-state index in [2.05, 4.69) is 38.3 Å². The Bertz CT molecular complexity index is 1220. The number of methoxy groups -OCH3 is 1. The van der Waals surface area contributed by atoms with Crippen molar-refractivity contribution in [1.29, 1.82) is 5.26 Å². The molecule has 3 aliphatic rings. The summed E-state index contributed by atoms with van der Waals surface area (Å²) in [6.45, 7) is 12.0. The number of fused-ring (bicyclic) bond motifs is 1. The topological polar surface area (TPSA) is 109 Å². The molecule has 5 rings (SSSR count). The third kappa shape index (κ3) is 8.21. The highest BCUT2D eigenvalue weighted by atomic mass is 35.5. The number of amides is 1. The smallest absolute Gasteiger partial charge is 0.318 e. The Balaban J connectivity index is 0.000000421. The Kier molecular flexibility index (Phi) is 11.8. The number of likely N-dealkylation sites (tertiary alicyclic amines) is 1. The number of piperazine rings is 1. The molecule has 0 radical (unpaired) electrons. The molecular formula is C28H37Cl2N7O3. The van der Waals surface area contributed by atoms with Crippen LogP contribution in [0.1, 0.15) is 36.6 Å². The third-order valence-electron chi connectivity index (χ3n) is 6.89. The second-order valence-electron chi connectivity index (χ2n) is 9.75. The van der Waals surface area contributed by atoms with Gasteiger partial charge in [-0.15, -0.1) is 0 Å². The van der Waals surface area contributed by atoms with Crippen molar-refractivity contribution in [2.75, 3.05) is 58.3 Å². The monoisotopic (exact) mass is 589 g/mol. The molecule has 3 aliphatic heterocycles. The number of rotatable bonds is 5. The average molecular weight is 591 g/mol. The number of carbonyl (C=O) groups is 1. The molecule has 1 aromatic carbocycles. The van der Waals surface area contributed by atoms with Gasteiger partial charge in [-0.3, -0.25) is 9.69 Å². The Morgan fingerprint density at radius 1 is 1.12 bits per heavy atom. The van der Waals surface area contributed by atoms with Crippen molar-refractivity contribution in [3.63, 3.8) is 0 Å². The lowest BCUT2D eigenvalue weighted by Gasteiger charge is -2.35. The van der Waals surface area contributed by atoms with Crippen molar-refractivity contribution in [1.82, 2.24) is 24.7 Å². The zero-order valence-corrected chi connectivity index (χ0v) is 24.9. The number of hydrogen-bond donors (Lipinski definition) is 1. The molecule has 1 N–H and O–H groups in total. The van der Waals surface area contributed by atoms with E-state index in [4.69, 9.17) is 33.2 Å². The van der Waals surface area contributed by atoms with E-state index in [9.17, 15) is 9.90 Å². The average Bonchev–Trinajstić information content (AvgIpc) is 3.60. The fourth-order valence-corrected chi connectivity index (χ4v) is 5.27. The van der Waals surface area contributed by atoms with Crippen LogP contribution in [0.4, 0.5) is 5.82 Å². The standard InChI is InChI=1S/C21H23Cl2N5O3.C5H11N.C2H3N/c1-3-19(30)27-4-6-28(7-5-27)20-14-11-26(12-17(14)24-21(25-20)31-2)10-13-8-18(29)16(23)9-15(13)22;1-6-4-2-3-5-6;1-2-3/h3,8-9,29H,1,4-7,10-12H2,2H3;2-5H2,1H3;1H3. The summed E-state index contributed by atoms with van der Waals surface area (Å²) < 4.78 is 5.34. The summed E-state index contributed by atoms with van der Waals surface area (Å²) in [5.74, 6) is 0.784. The minimum absolute atomic E-state index is 0.00636. The van der Waals surface area contributed by atoms with Gasteiger partial charge >= 0.3 is 6.01 Å². The summed E-state index contributed by atoms with van der Waals surface area (Å²) in [4.78, 5) is 29.5. The molecule has 1 amide bonds. The molecule has 10 nitrogen and oxygen atoms in total. The van der Waals surface area contributed by atoms with Crippen LogP contribution in [-0.4, -0.2) is 89.1 Å². The van der Waals surface area contributed by atoms with Gasteiger partial charge in [0.15, 0.2) is 0 Å². The number of carbonyl (C=O) groups excluding carboxylic acids is 1. The van der Waals surface area contributed by atoms with Crippen LogP contribution < -0.4 is 9.64 Å². The van der Waals surface area contributed by atoms with Crippen LogP contribution in [0.15, 0.2) is 24.8 Å². The van der Waals surface area contributed by atoms with E-state index in [-0.39, 0.29) is 16.7 Å². The first-order chi connectivity index (χ1) is 19.2. The molecule has 0 saturated carbocycles. The number of hydrogen-bond acceptors (Lipinski definition) is 9. The second kappa shape index (κ2) is 15.1. The molecule has 1 aromatic heterocycles. The molecule has 2 saturated heterocycles. The molecule has 0 unspecified atom stereocenters. The van der Waals surface area contributed by atoms with Crippen molar-refractivity contribution in [3.8, 4) is 17.8 Å². The molecule has 216 valence electrons. The largest absolute Gasteiger partial charge is 0.506 e. The zero-order chi connectivity index (χ0) is 29.2. The first kappa shape index (κ1) is 31.4. The lowest BCUT2D eigenvalue weighted by molar-refractivity contribution is -0.126. The highest BCUT2D eigenvalue weighted by Gasteiger charge is 2.30. The van der Waals surface area contributed by atoms with Gasteiger partial charge in [-0.1, -0.05) is 29.8 Å². The molecule has 40 heavy (non-hydrogen) atoms. The quantitative estimate of drug-likeness (QED) is 0.515. The lowest BCUT2D eigenvalue weighted by atomic mass is 10.2. The van der Waals surface area contributed by atoms with E-state index >= 15 is 0 Å². The SMILES string of the molecule is C=CC(=O)N1CCN(c2nc(OC)nc3c2CN(Cc2cc(O)c(Cl)cc2Cl)C3)CC1.CC#N.CN1CCCC1. The Labute approximate surface area is 246 Å². The molecule has 2 fully saturated rings. The van der Waals surface area contributed by atoms with Crippen LogP contribution >= 0.6 is 23.2 Å². The number of benzene rings is 1. The summed E-state index contributed by atoms with van der Waals surface area (Å²) in [5.41, 5.74) is 2.73. The number of nitrogens with zero attached hydrogens (tertiary/aromatic N) is 7. The Morgan fingerprint density at radius 2 is 1.77 bits per heavy atom. The predicted molar refractivity (Wildman–Crippen MR) is 157 cm³/mol. The van der Waals surface area contributed by atoms with Gasteiger partial charge < -0.3 is 24.5 Å². The molecule has 0 bridgehead atoms. The molecular weight excluding hydrogens is 553 g/mol. The van der Waals surface area contributed by atoms with Gasteiger partial charge in [0, 0.05) is 63.3 Å². The van der Waals surface area contributed by atoms with Gasteiger partial charge in [0.2, 0.25) is 5.91 Å². The number of aromatic nitrogens is 2. The number of nitriles is 1. The number of aromatic hydroxyl groups is 1. The van der Waals surface area contributed by atoms with E-state index in [1.165, 1.54) is 38.9 Å². The van der Waals surface area contributed by atoms with Crippen molar-refractivity contribution >= 4 is 34.9 Å². The van der Waals surface area contributed by atoms with Gasteiger partial charge in [0.25, 0.3) is 0 Å². The molecule has 0 aliphatic carbocycles. The molecule has 4 heterocycles. The molecule has 2 aromatic rings. The van der Waals surface area contributed by atoms with Crippen LogP contribution in [0.5, 0.6) is 11.8 Å². The highest BCUT2D eigenvalue weighted by Crippen LogP contribution is 2.35. The normalized spacial score (nSPS) is 16.7. The van der Waals surface area contributed by atoms with Gasteiger partial charge in [-0.05, 0) is 56.8 Å². The first-order valence-corrected chi connectivity index (χ1v) is 13.9. The number of ether oxygens (including phenoxy) is 1. The minimum atomic E-state index is -0.0561. The second-order valence-corrected chi connectivity index (χ2v) is 10.6. The van der Waals surface area contributed by atoms with Crippen LogP contribution in [0, 0.1) is 11.3 Å². The van der Waals surface area contributed by atoms with Crippen molar-refractivity contribution in [2.45, 2.75) is 39.4 Å². The fourth-order valence-electron chi connectivity index (χ4n) is 4.83. The summed E-state index contributed by atoms with van der Waals surface area (Å²) in [7, 11) is 3.72. The van der Waals surface area contributed by atoms with Gasteiger partial charge in [-0.2, -0.15) is 15.2 Å². The molecule has 0 spiro atoms.